The number of hydrogen-bond donors (Lipinski definition) is 1. The van der Waals surface area contributed by atoms with Crippen molar-refractivity contribution in [2.45, 2.75) is 23.9 Å². The fourth-order valence-corrected chi connectivity index (χ4v) is 5.03. The summed E-state index contributed by atoms with van der Waals surface area (Å²) >= 11 is 11.9. The minimum absolute atomic E-state index is 0.216. The highest BCUT2D eigenvalue weighted by atomic mass is 35.5. The second-order valence-electron chi connectivity index (χ2n) is 6.15. The summed E-state index contributed by atoms with van der Waals surface area (Å²) in [6.45, 7) is 0.254. The molecule has 2 heterocycles. The van der Waals surface area contributed by atoms with E-state index in [9.17, 15) is 8.42 Å². The first-order valence-electron chi connectivity index (χ1n) is 7.99. The summed E-state index contributed by atoms with van der Waals surface area (Å²) in [5.41, 5.74) is 2.72. The number of benzene rings is 2. The van der Waals surface area contributed by atoms with Crippen LogP contribution < -0.4 is 0 Å². The van der Waals surface area contributed by atoms with Crippen LogP contribution in [-0.4, -0.2) is 22.9 Å². The van der Waals surface area contributed by atoms with E-state index in [1.165, 1.54) is 16.4 Å². The van der Waals surface area contributed by atoms with E-state index in [2.05, 4.69) is 10.2 Å². The molecule has 4 rings (SSSR count). The Morgan fingerprint density at radius 2 is 1.62 bits per heavy atom. The number of nitrogens with zero attached hydrogens (tertiary/aromatic N) is 2. The fourth-order valence-electron chi connectivity index (χ4n) is 3.19. The van der Waals surface area contributed by atoms with Crippen molar-refractivity contribution in [3.05, 3.63) is 81.6 Å². The zero-order valence-electron chi connectivity index (χ0n) is 13.6. The van der Waals surface area contributed by atoms with Gasteiger partial charge in [-0.25, -0.2) is 8.42 Å². The Morgan fingerprint density at radius 1 is 1.00 bits per heavy atom. The fraction of sp³-hybridized carbons (Fsp3) is 0.167. The van der Waals surface area contributed by atoms with Gasteiger partial charge < -0.3 is 0 Å². The van der Waals surface area contributed by atoms with Crippen molar-refractivity contribution in [2.75, 3.05) is 0 Å². The zero-order chi connectivity index (χ0) is 18.3. The summed E-state index contributed by atoms with van der Waals surface area (Å²) in [4.78, 5) is 0.216. The van der Waals surface area contributed by atoms with Crippen LogP contribution in [0, 0.1) is 0 Å². The quantitative estimate of drug-likeness (QED) is 0.706. The predicted octanol–water partition coefficient (Wildman–Crippen LogP) is 4.20. The van der Waals surface area contributed by atoms with E-state index >= 15 is 0 Å². The monoisotopic (exact) mass is 407 g/mol. The molecule has 0 radical (unpaired) electrons. The number of halogens is 2. The topological polar surface area (TPSA) is 66.1 Å². The Balaban J connectivity index is 1.80. The summed E-state index contributed by atoms with van der Waals surface area (Å²) in [6, 6.07) is 13.1. The van der Waals surface area contributed by atoms with Gasteiger partial charge in [0.1, 0.15) is 0 Å². The molecule has 0 saturated carbocycles. The smallest absolute Gasteiger partial charge is 0.243 e. The van der Waals surface area contributed by atoms with Crippen molar-refractivity contribution in [3.8, 4) is 0 Å². The summed E-state index contributed by atoms with van der Waals surface area (Å²) < 4.78 is 28.1. The average molecular weight is 408 g/mol. The molecule has 1 unspecified atom stereocenters. The minimum Gasteiger partial charge on any atom is -0.282 e. The second kappa shape index (κ2) is 6.70. The van der Waals surface area contributed by atoms with Crippen LogP contribution in [0.25, 0.3) is 0 Å². The molecular formula is C18H15Cl2N3O2S. The molecule has 0 fully saturated rings. The van der Waals surface area contributed by atoms with Crippen LogP contribution in [0.2, 0.25) is 10.0 Å². The maximum absolute atomic E-state index is 13.3. The van der Waals surface area contributed by atoms with Crippen molar-refractivity contribution in [1.29, 1.82) is 0 Å². The highest BCUT2D eigenvalue weighted by Crippen LogP contribution is 2.37. The molecule has 1 aromatic heterocycles. The van der Waals surface area contributed by atoms with Gasteiger partial charge in [0.2, 0.25) is 10.0 Å². The average Bonchev–Trinajstić information content (AvgIpc) is 3.09. The van der Waals surface area contributed by atoms with Crippen LogP contribution >= 0.6 is 23.2 Å². The Hall–Kier alpha value is -1.86. The number of fused-ring (bicyclic) bond motifs is 1. The van der Waals surface area contributed by atoms with E-state index in [0.717, 1.165) is 16.8 Å². The van der Waals surface area contributed by atoms with E-state index in [1.807, 2.05) is 12.1 Å². The third-order valence-electron chi connectivity index (χ3n) is 4.55. The molecule has 26 heavy (non-hydrogen) atoms. The maximum Gasteiger partial charge on any atom is 0.243 e. The number of rotatable bonds is 3. The molecule has 1 aliphatic heterocycles. The first kappa shape index (κ1) is 17.5. The molecule has 1 aliphatic rings. The molecule has 134 valence electrons. The Kier molecular flexibility index (Phi) is 4.52. The van der Waals surface area contributed by atoms with Gasteiger partial charge in [-0.1, -0.05) is 35.3 Å². The molecule has 0 aliphatic carbocycles. The van der Waals surface area contributed by atoms with Gasteiger partial charge in [-0.05, 0) is 42.0 Å². The molecule has 5 nitrogen and oxygen atoms in total. The summed E-state index contributed by atoms with van der Waals surface area (Å²) in [5.74, 6) is 0. The Labute approximate surface area is 161 Å². The van der Waals surface area contributed by atoms with Gasteiger partial charge in [-0.15, -0.1) is 0 Å². The van der Waals surface area contributed by atoms with Gasteiger partial charge in [0.25, 0.3) is 0 Å². The molecule has 1 atom stereocenters. The van der Waals surface area contributed by atoms with Crippen molar-refractivity contribution in [1.82, 2.24) is 14.5 Å². The molecule has 0 spiro atoms. The largest absolute Gasteiger partial charge is 0.282 e. The summed E-state index contributed by atoms with van der Waals surface area (Å²) in [6.07, 6.45) is 2.20. The van der Waals surface area contributed by atoms with Crippen molar-refractivity contribution >= 4 is 33.2 Å². The van der Waals surface area contributed by atoms with Crippen LogP contribution in [0.4, 0.5) is 0 Å². The molecule has 0 bridgehead atoms. The Morgan fingerprint density at radius 3 is 2.27 bits per heavy atom. The van der Waals surface area contributed by atoms with E-state index in [0.29, 0.717) is 16.5 Å². The first-order chi connectivity index (χ1) is 12.4. The third-order valence-corrected chi connectivity index (χ3v) is 6.93. The molecule has 0 amide bonds. The van der Waals surface area contributed by atoms with Gasteiger partial charge >= 0.3 is 0 Å². The summed E-state index contributed by atoms with van der Waals surface area (Å²) in [7, 11) is -3.71. The molecule has 3 aromatic rings. The normalized spacial score (nSPS) is 17.8. The number of nitrogens with one attached hydrogen (secondary N) is 1. The van der Waals surface area contributed by atoms with Crippen LogP contribution in [0.15, 0.2) is 59.6 Å². The minimum atomic E-state index is -3.71. The number of H-pyrrole nitrogens is 1. The van der Waals surface area contributed by atoms with Gasteiger partial charge in [0, 0.05) is 34.3 Å². The van der Waals surface area contributed by atoms with Crippen LogP contribution in [0.5, 0.6) is 0 Å². The van der Waals surface area contributed by atoms with Crippen molar-refractivity contribution < 1.29 is 8.42 Å². The van der Waals surface area contributed by atoms with E-state index < -0.39 is 10.0 Å². The zero-order valence-corrected chi connectivity index (χ0v) is 15.9. The molecule has 2 aromatic carbocycles. The van der Waals surface area contributed by atoms with Crippen LogP contribution in [-0.2, 0) is 23.0 Å². The van der Waals surface area contributed by atoms with Gasteiger partial charge in [0.15, 0.2) is 0 Å². The summed E-state index contributed by atoms with van der Waals surface area (Å²) in [5, 5.41) is 8.14. The standard InChI is InChI=1S/C18H15Cl2N3O2S/c19-14-3-1-12(2-4-14)18-9-17-13(10-21-22-17)11-23(18)26(24,25)16-7-5-15(20)6-8-16/h1-8,10,18H,9,11H2,(H,21,22). The molecule has 8 heteroatoms. The van der Waals surface area contributed by atoms with Crippen LogP contribution in [0.1, 0.15) is 22.9 Å². The number of sulfonamides is 1. The highest BCUT2D eigenvalue weighted by molar-refractivity contribution is 7.89. The van der Waals surface area contributed by atoms with Gasteiger partial charge in [-0.2, -0.15) is 9.40 Å². The molecule has 0 saturated heterocycles. The maximum atomic E-state index is 13.3. The lowest BCUT2D eigenvalue weighted by Crippen LogP contribution is -2.38. The molecular weight excluding hydrogens is 393 g/mol. The molecule has 1 N–H and O–H groups in total. The SMILES string of the molecule is O=S(=O)(c1ccc(Cl)cc1)N1Cc2cn[nH]c2CC1c1ccc(Cl)cc1. The number of aromatic nitrogens is 2. The predicted molar refractivity (Wildman–Crippen MR) is 101 cm³/mol. The van der Waals surface area contributed by atoms with Gasteiger partial charge in [-0.3, -0.25) is 5.10 Å². The van der Waals surface area contributed by atoms with E-state index in [1.54, 1.807) is 30.5 Å². The lowest BCUT2D eigenvalue weighted by atomic mass is 9.97. The van der Waals surface area contributed by atoms with Crippen molar-refractivity contribution in [3.63, 3.8) is 0 Å². The second-order valence-corrected chi connectivity index (χ2v) is 8.91. The third kappa shape index (κ3) is 3.14. The Bertz CT molecular complexity index is 1030. The van der Waals surface area contributed by atoms with E-state index in [4.69, 9.17) is 23.2 Å². The first-order valence-corrected chi connectivity index (χ1v) is 10.2. The number of hydrogen-bond acceptors (Lipinski definition) is 3. The van der Waals surface area contributed by atoms with Crippen molar-refractivity contribution in [2.24, 2.45) is 0 Å². The highest BCUT2D eigenvalue weighted by Gasteiger charge is 2.37. The lowest BCUT2D eigenvalue weighted by Gasteiger charge is -2.34. The lowest BCUT2D eigenvalue weighted by molar-refractivity contribution is 0.294. The number of aromatic amines is 1. The van der Waals surface area contributed by atoms with Gasteiger partial charge in [0.05, 0.1) is 17.1 Å². The van der Waals surface area contributed by atoms with Crippen LogP contribution in [0.3, 0.4) is 0 Å². The van der Waals surface area contributed by atoms with E-state index in [-0.39, 0.29) is 17.5 Å².